The fraction of sp³-hybridized carbons (Fsp3) is 0.500. The Labute approximate surface area is 135 Å². The third kappa shape index (κ3) is 6.35. The van der Waals surface area contributed by atoms with E-state index in [1.54, 1.807) is 0 Å². The molecule has 1 fully saturated rings. The minimum absolute atomic E-state index is 0. The molecule has 0 aromatic heterocycles. The topological polar surface area (TPSA) is 41.1 Å². The van der Waals surface area contributed by atoms with Crippen LogP contribution in [0.2, 0.25) is 5.02 Å². The number of thioether (sulfide) groups is 1. The van der Waals surface area contributed by atoms with Crippen molar-refractivity contribution < 1.29 is 4.79 Å². The summed E-state index contributed by atoms with van der Waals surface area (Å²) in [6.07, 6.45) is 1.39. The Morgan fingerprint density at radius 2 is 2.35 bits per heavy atom. The summed E-state index contributed by atoms with van der Waals surface area (Å²) in [7, 11) is 0. The molecule has 1 unspecified atom stereocenters. The molecule has 2 rings (SSSR count). The maximum absolute atomic E-state index is 11.8. The Morgan fingerprint density at radius 1 is 1.50 bits per heavy atom. The van der Waals surface area contributed by atoms with E-state index in [1.807, 2.05) is 36.0 Å². The van der Waals surface area contributed by atoms with Crippen LogP contribution in [0, 0.1) is 0 Å². The molecule has 0 saturated carbocycles. The molecule has 2 N–H and O–H groups in total. The van der Waals surface area contributed by atoms with Crippen LogP contribution in [-0.4, -0.2) is 36.5 Å². The first kappa shape index (κ1) is 17.6. The molecule has 1 saturated heterocycles. The first-order valence-corrected chi connectivity index (χ1v) is 8.09. The largest absolute Gasteiger partial charge is 0.356 e. The molecule has 1 heterocycles. The van der Waals surface area contributed by atoms with Crippen molar-refractivity contribution in [3.63, 3.8) is 0 Å². The summed E-state index contributed by atoms with van der Waals surface area (Å²) >= 11 is 7.83. The van der Waals surface area contributed by atoms with Gasteiger partial charge in [-0.3, -0.25) is 4.79 Å². The average Bonchev–Trinajstić information content (AvgIpc) is 2.40. The highest BCUT2D eigenvalue weighted by atomic mass is 35.5. The SMILES string of the molecule is Cl.O=C(CC1CSCCN1)NCCc1cccc(Cl)c1. The van der Waals surface area contributed by atoms with E-state index in [0.717, 1.165) is 35.1 Å². The van der Waals surface area contributed by atoms with Gasteiger partial charge in [0.05, 0.1) is 0 Å². The molecule has 0 bridgehead atoms. The Morgan fingerprint density at radius 3 is 3.05 bits per heavy atom. The molecule has 0 aliphatic carbocycles. The fourth-order valence-corrected chi connectivity index (χ4v) is 3.25. The van der Waals surface area contributed by atoms with E-state index < -0.39 is 0 Å². The van der Waals surface area contributed by atoms with Crippen molar-refractivity contribution in [2.24, 2.45) is 0 Å². The number of nitrogens with one attached hydrogen (secondary N) is 2. The maximum Gasteiger partial charge on any atom is 0.221 e. The normalized spacial score (nSPS) is 18.1. The van der Waals surface area contributed by atoms with Crippen LogP contribution in [0.25, 0.3) is 0 Å². The van der Waals surface area contributed by atoms with E-state index >= 15 is 0 Å². The van der Waals surface area contributed by atoms with Gasteiger partial charge in [-0.15, -0.1) is 12.4 Å². The van der Waals surface area contributed by atoms with Crippen molar-refractivity contribution in [3.8, 4) is 0 Å². The van der Waals surface area contributed by atoms with Gasteiger partial charge >= 0.3 is 0 Å². The Balaban J connectivity index is 0.00000200. The number of carbonyl (C=O) groups is 1. The molecule has 1 aromatic carbocycles. The van der Waals surface area contributed by atoms with Crippen LogP contribution < -0.4 is 10.6 Å². The van der Waals surface area contributed by atoms with Crippen molar-refractivity contribution in [2.75, 3.05) is 24.6 Å². The van der Waals surface area contributed by atoms with Gasteiger partial charge in [0.2, 0.25) is 5.91 Å². The van der Waals surface area contributed by atoms with Gasteiger partial charge in [-0.25, -0.2) is 0 Å². The number of benzene rings is 1. The van der Waals surface area contributed by atoms with Crippen LogP contribution in [0.3, 0.4) is 0 Å². The van der Waals surface area contributed by atoms with Crippen LogP contribution in [0.5, 0.6) is 0 Å². The first-order valence-electron chi connectivity index (χ1n) is 6.56. The predicted octanol–water partition coefficient (Wildman–Crippen LogP) is 2.52. The van der Waals surface area contributed by atoms with Gasteiger partial charge in [0, 0.05) is 42.1 Å². The van der Waals surface area contributed by atoms with E-state index in [-0.39, 0.29) is 18.3 Å². The van der Waals surface area contributed by atoms with Crippen molar-refractivity contribution >= 4 is 41.7 Å². The Kier molecular flexibility index (Phi) is 8.38. The summed E-state index contributed by atoms with van der Waals surface area (Å²) in [4.78, 5) is 11.8. The van der Waals surface area contributed by atoms with E-state index in [0.29, 0.717) is 19.0 Å². The molecule has 1 amide bonds. The summed E-state index contributed by atoms with van der Waals surface area (Å²) in [5.41, 5.74) is 1.15. The minimum Gasteiger partial charge on any atom is -0.356 e. The van der Waals surface area contributed by atoms with Crippen molar-refractivity contribution in [3.05, 3.63) is 34.9 Å². The number of rotatable bonds is 5. The molecular weight excluding hydrogens is 315 g/mol. The maximum atomic E-state index is 11.8. The number of amides is 1. The van der Waals surface area contributed by atoms with Crippen LogP contribution in [0.1, 0.15) is 12.0 Å². The molecule has 1 atom stereocenters. The zero-order chi connectivity index (χ0) is 13.5. The first-order chi connectivity index (χ1) is 9.24. The van der Waals surface area contributed by atoms with Crippen molar-refractivity contribution in [1.82, 2.24) is 10.6 Å². The quantitative estimate of drug-likeness (QED) is 0.869. The standard InChI is InChI=1S/C14H19ClN2OS.ClH/c15-12-3-1-2-11(8-12)4-5-17-14(18)9-13-10-19-7-6-16-13;/h1-3,8,13,16H,4-7,9-10H2,(H,17,18);1H. The zero-order valence-electron chi connectivity index (χ0n) is 11.2. The number of hydrogen-bond donors (Lipinski definition) is 2. The van der Waals surface area contributed by atoms with Gasteiger partial charge in [-0.05, 0) is 24.1 Å². The smallest absolute Gasteiger partial charge is 0.221 e. The van der Waals surface area contributed by atoms with Gasteiger partial charge in [-0.1, -0.05) is 23.7 Å². The number of carbonyl (C=O) groups excluding carboxylic acids is 1. The molecule has 0 radical (unpaired) electrons. The van der Waals surface area contributed by atoms with Gasteiger partial charge in [0.25, 0.3) is 0 Å². The molecule has 1 aromatic rings. The fourth-order valence-electron chi connectivity index (χ4n) is 2.09. The molecule has 6 heteroatoms. The second-order valence-electron chi connectivity index (χ2n) is 4.66. The average molecular weight is 335 g/mol. The van der Waals surface area contributed by atoms with E-state index in [4.69, 9.17) is 11.6 Å². The van der Waals surface area contributed by atoms with Gasteiger partial charge in [-0.2, -0.15) is 11.8 Å². The summed E-state index contributed by atoms with van der Waals surface area (Å²) < 4.78 is 0. The summed E-state index contributed by atoms with van der Waals surface area (Å²) in [6, 6.07) is 8.08. The number of hydrogen-bond acceptors (Lipinski definition) is 3. The van der Waals surface area contributed by atoms with Crippen LogP contribution in [-0.2, 0) is 11.2 Å². The van der Waals surface area contributed by atoms with Crippen LogP contribution in [0.15, 0.2) is 24.3 Å². The summed E-state index contributed by atoms with van der Waals surface area (Å²) in [5, 5.41) is 7.08. The van der Waals surface area contributed by atoms with Crippen LogP contribution in [0.4, 0.5) is 0 Å². The second-order valence-corrected chi connectivity index (χ2v) is 6.25. The highest BCUT2D eigenvalue weighted by Gasteiger charge is 2.16. The third-order valence-electron chi connectivity index (χ3n) is 3.06. The third-order valence-corrected chi connectivity index (χ3v) is 4.42. The molecular formula is C14H20Cl2N2OS. The lowest BCUT2D eigenvalue weighted by Crippen LogP contribution is -2.41. The highest BCUT2D eigenvalue weighted by molar-refractivity contribution is 7.99. The van der Waals surface area contributed by atoms with Gasteiger partial charge in [0.1, 0.15) is 0 Å². The Hall–Kier alpha value is -0.420. The lowest BCUT2D eigenvalue weighted by molar-refractivity contribution is -0.121. The second kappa shape index (κ2) is 9.50. The molecule has 1 aliphatic rings. The molecule has 1 aliphatic heterocycles. The summed E-state index contributed by atoms with van der Waals surface area (Å²) in [6.45, 7) is 1.67. The molecule has 20 heavy (non-hydrogen) atoms. The van der Waals surface area contributed by atoms with Gasteiger partial charge < -0.3 is 10.6 Å². The summed E-state index contributed by atoms with van der Waals surface area (Å²) in [5.74, 6) is 2.30. The van der Waals surface area contributed by atoms with E-state index in [9.17, 15) is 4.79 Å². The zero-order valence-corrected chi connectivity index (χ0v) is 13.6. The van der Waals surface area contributed by atoms with E-state index in [1.165, 1.54) is 0 Å². The monoisotopic (exact) mass is 334 g/mol. The molecule has 0 spiro atoms. The van der Waals surface area contributed by atoms with Crippen molar-refractivity contribution in [2.45, 2.75) is 18.9 Å². The van der Waals surface area contributed by atoms with Crippen LogP contribution >= 0.6 is 35.8 Å². The lowest BCUT2D eigenvalue weighted by atomic mass is 10.1. The predicted molar refractivity (Wildman–Crippen MR) is 89.1 cm³/mol. The molecule has 3 nitrogen and oxygen atoms in total. The minimum atomic E-state index is 0. The van der Waals surface area contributed by atoms with Gasteiger partial charge in [0.15, 0.2) is 0 Å². The highest BCUT2D eigenvalue weighted by Crippen LogP contribution is 2.11. The number of halogens is 2. The van der Waals surface area contributed by atoms with E-state index in [2.05, 4.69) is 10.6 Å². The Bertz CT molecular complexity index is 425. The lowest BCUT2D eigenvalue weighted by Gasteiger charge is -2.22. The van der Waals surface area contributed by atoms with Crippen molar-refractivity contribution in [1.29, 1.82) is 0 Å². The molecule has 112 valence electrons.